The van der Waals surface area contributed by atoms with Crippen LogP contribution in [-0.4, -0.2) is 30.3 Å². The molecule has 0 saturated heterocycles. The maximum absolute atomic E-state index is 11.3. The Balaban J connectivity index is 3.92. The molecule has 1 atom stereocenters. The van der Waals surface area contributed by atoms with Gasteiger partial charge in [-0.3, -0.25) is 4.55 Å². The van der Waals surface area contributed by atoms with Crippen LogP contribution in [0.25, 0.3) is 0 Å². The van der Waals surface area contributed by atoms with E-state index in [0.29, 0.717) is 12.7 Å². The molecular formula is C16H30O5S. The van der Waals surface area contributed by atoms with Gasteiger partial charge in [-0.15, -0.1) is 0 Å². The van der Waals surface area contributed by atoms with Crippen molar-refractivity contribution in [3.63, 3.8) is 0 Å². The van der Waals surface area contributed by atoms with E-state index in [9.17, 15) is 22.6 Å². The quantitative estimate of drug-likeness (QED) is 0.280. The maximum atomic E-state index is 11.3. The molecule has 0 aliphatic rings. The van der Waals surface area contributed by atoms with Gasteiger partial charge in [0, 0.05) is 6.42 Å². The van der Waals surface area contributed by atoms with Gasteiger partial charge < -0.3 is 9.59 Å². The fourth-order valence-electron chi connectivity index (χ4n) is 2.56. The molecule has 1 N–H and O–H groups in total. The number of hydrogen-bond acceptors (Lipinski definition) is 4. The van der Waals surface area contributed by atoms with Gasteiger partial charge in [0.05, 0.1) is 0 Å². The van der Waals surface area contributed by atoms with Crippen LogP contribution in [0.1, 0.15) is 84.0 Å². The first-order valence-electron chi connectivity index (χ1n) is 8.30. The fraction of sp³-hybridized carbons (Fsp3) is 0.875. The van der Waals surface area contributed by atoms with Crippen LogP contribution in [0.15, 0.2) is 0 Å². The minimum absolute atomic E-state index is 0.00454. The average molecular weight is 334 g/mol. The van der Waals surface area contributed by atoms with Crippen molar-refractivity contribution in [3.05, 3.63) is 0 Å². The zero-order valence-electron chi connectivity index (χ0n) is 13.6. The molecule has 6 heteroatoms. The molecule has 0 aromatic rings. The van der Waals surface area contributed by atoms with Gasteiger partial charge in [0.2, 0.25) is 0 Å². The molecule has 0 bridgehead atoms. The molecular weight excluding hydrogens is 304 g/mol. The summed E-state index contributed by atoms with van der Waals surface area (Å²) in [7, 11) is -4.55. The molecule has 0 spiro atoms. The van der Waals surface area contributed by atoms with Crippen molar-refractivity contribution in [2.45, 2.75) is 88.7 Å². The van der Waals surface area contributed by atoms with Gasteiger partial charge >= 0.3 is 0 Å². The second-order valence-corrected chi connectivity index (χ2v) is 7.72. The molecule has 0 aromatic carbocycles. The summed E-state index contributed by atoms with van der Waals surface area (Å²) in [5, 5.41) is 0. The van der Waals surface area contributed by atoms with Crippen molar-refractivity contribution < 1.29 is 22.6 Å². The maximum Gasteiger partial charge on any atom is 0.278 e. The lowest BCUT2D eigenvalue weighted by molar-refractivity contribution is -0.114. The molecule has 0 aromatic heterocycles. The zero-order valence-corrected chi connectivity index (χ0v) is 14.4. The SMILES string of the molecule is CCCCCCCCCCCCC(C=O)(CC=O)S(=O)(=O)O. The molecule has 22 heavy (non-hydrogen) atoms. The van der Waals surface area contributed by atoms with Crippen LogP contribution in [0.4, 0.5) is 0 Å². The monoisotopic (exact) mass is 334 g/mol. The summed E-state index contributed by atoms with van der Waals surface area (Å²) >= 11 is 0. The highest BCUT2D eigenvalue weighted by atomic mass is 32.2. The van der Waals surface area contributed by atoms with Crippen LogP contribution < -0.4 is 0 Å². The highest BCUT2D eigenvalue weighted by Gasteiger charge is 2.42. The van der Waals surface area contributed by atoms with E-state index in [-0.39, 0.29) is 12.7 Å². The Morgan fingerprint density at radius 3 is 1.68 bits per heavy atom. The molecule has 5 nitrogen and oxygen atoms in total. The summed E-state index contributed by atoms with van der Waals surface area (Å²) in [5.74, 6) is 0. The molecule has 0 rings (SSSR count). The van der Waals surface area contributed by atoms with E-state index in [1.807, 2.05) is 0 Å². The third kappa shape index (κ3) is 8.03. The summed E-state index contributed by atoms with van der Waals surface area (Å²) in [6.07, 6.45) is 11.0. The Bertz CT molecular complexity index is 405. The second kappa shape index (κ2) is 11.8. The van der Waals surface area contributed by atoms with E-state index >= 15 is 0 Å². The van der Waals surface area contributed by atoms with Crippen molar-refractivity contribution in [1.82, 2.24) is 0 Å². The molecule has 0 radical (unpaired) electrons. The van der Waals surface area contributed by atoms with Gasteiger partial charge in [-0.1, -0.05) is 71.1 Å². The summed E-state index contributed by atoms with van der Waals surface area (Å²) in [5.41, 5.74) is 0. The molecule has 0 amide bonds. The van der Waals surface area contributed by atoms with Crippen LogP contribution in [-0.2, 0) is 19.7 Å². The standard InChI is InChI=1S/C16H30O5S/c1-2-3-4-5-6-7-8-9-10-11-12-16(15-18,13-14-17)22(19,20)21/h14-15H,2-13H2,1H3,(H,19,20,21). The Kier molecular flexibility index (Phi) is 11.4. The fourth-order valence-corrected chi connectivity index (χ4v) is 3.36. The molecule has 0 aliphatic heterocycles. The van der Waals surface area contributed by atoms with Crippen molar-refractivity contribution in [2.75, 3.05) is 0 Å². The number of hydrogen-bond donors (Lipinski definition) is 1. The van der Waals surface area contributed by atoms with Gasteiger partial charge in [0.25, 0.3) is 10.1 Å². The van der Waals surface area contributed by atoms with Gasteiger partial charge in [0.15, 0.2) is 4.75 Å². The number of unbranched alkanes of at least 4 members (excludes halogenated alkanes) is 9. The first-order valence-corrected chi connectivity index (χ1v) is 9.74. The predicted molar refractivity (Wildman–Crippen MR) is 87.5 cm³/mol. The normalized spacial score (nSPS) is 14.5. The van der Waals surface area contributed by atoms with Gasteiger partial charge in [-0.05, 0) is 6.42 Å². The highest BCUT2D eigenvalue weighted by Crippen LogP contribution is 2.25. The molecule has 0 fully saturated rings. The third-order valence-corrected chi connectivity index (χ3v) is 5.61. The second-order valence-electron chi connectivity index (χ2n) is 5.96. The van der Waals surface area contributed by atoms with E-state index in [2.05, 4.69) is 6.92 Å². The summed E-state index contributed by atoms with van der Waals surface area (Å²) < 4.78 is 29.9. The lowest BCUT2D eigenvalue weighted by atomic mass is 9.98. The van der Waals surface area contributed by atoms with E-state index < -0.39 is 21.3 Å². The summed E-state index contributed by atoms with van der Waals surface area (Å²) in [4.78, 5) is 21.6. The van der Waals surface area contributed by atoms with E-state index in [1.165, 1.54) is 38.5 Å². The largest absolute Gasteiger partial charge is 0.303 e. The number of carbonyl (C=O) groups excluding carboxylic acids is 2. The van der Waals surface area contributed by atoms with Crippen molar-refractivity contribution in [3.8, 4) is 0 Å². The van der Waals surface area contributed by atoms with Crippen molar-refractivity contribution in [2.24, 2.45) is 0 Å². The number of carbonyl (C=O) groups is 2. The van der Waals surface area contributed by atoms with Crippen LogP contribution in [0.2, 0.25) is 0 Å². The first kappa shape index (κ1) is 21.2. The zero-order chi connectivity index (χ0) is 16.9. The Morgan fingerprint density at radius 2 is 1.32 bits per heavy atom. The average Bonchev–Trinajstić information content (AvgIpc) is 2.46. The highest BCUT2D eigenvalue weighted by molar-refractivity contribution is 7.88. The topological polar surface area (TPSA) is 88.5 Å². The van der Waals surface area contributed by atoms with E-state index in [4.69, 9.17) is 0 Å². The lowest BCUT2D eigenvalue weighted by Gasteiger charge is -2.21. The Hall–Kier alpha value is -0.750. The number of aldehydes is 2. The molecule has 130 valence electrons. The van der Waals surface area contributed by atoms with Crippen molar-refractivity contribution in [1.29, 1.82) is 0 Å². The Morgan fingerprint density at radius 1 is 0.864 bits per heavy atom. The van der Waals surface area contributed by atoms with E-state index in [0.717, 1.165) is 19.3 Å². The number of rotatable bonds is 15. The van der Waals surface area contributed by atoms with Gasteiger partial charge in [-0.25, -0.2) is 0 Å². The minimum atomic E-state index is -4.55. The Labute approximate surface area is 134 Å². The molecule has 0 heterocycles. The van der Waals surface area contributed by atoms with Crippen molar-refractivity contribution >= 4 is 22.7 Å². The lowest BCUT2D eigenvalue weighted by Crippen LogP contribution is -2.40. The summed E-state index contributed by atoms with van der Waals surface area (Å²) in [6, 6.07) is 0. The first-order chi connectivity index (χ1) is 10.4. The van der Waals surface area contributed by atoms with Crippen LogP contribution in [0.5, 0.6) is 0 Å². The van der Waals surface area contributed by atoms with E-state index in [1.54, 1.807) is 0 Å². The summed E-state index contributed by atoms with van der Waals surface area (Å²) in [6.45, 7) is 2.19. The van der Waals surface area contributed by atoms with Gasteiger partial charge in [-0.2, -0.15) is 8.42 Å². The van der Waals surface area contributed by atoms with Gasteiger partial charge in [0.1, 0.15) is 12.6 Å². The molecule has 0 saturated carbocycles. The molecule has 1 unspecified atom stereocenters. The van der Waals surface area contributed by atoms with Crippen LogP contribution in [0.3, 0.4) is 0 Å². The third-order valence-electron chi connectivity index (χ3n) is 4.11. The smallest absolute Gasteiger partial charge is 0.278 e. The van der Waals surface area contributed by atoms with Crippen LogP contribution in [0, 0.1) is 0 Å². The van der Waals surface area contributed by atoms with Crippen LogP contribution >= 0.6 is 0 Å². The predicted octanol–water partition coefficient (Wildman–Crippen LogP) is 3.71. The molecule has 0 aliphatic carbocycles. The minimum Gasteiger partial charge on any atom is -0.303 e.